The third kappa shape index (κ3) is 4.92. The highest BCUT2D eigenvalue weighted by molar-refractivity contribution is 5.96. The average Bonchev–Trinajstić information content (AvgIpc) is 2.72. The van der Waals surface area contributed by atoms with E-state index in [9.17, 15) is 14.9 Å². The highest BCUT2D eigenvalue weighted by Gasteiger charge is 2.17. The number of carbonyl (C=O) groups is 1. The number of ether oxygens (including phenoxy) is 1. The van der Waals surface area contributed by atoms with E-state index in [4.69, 9.17) is 4.74 Å². The van der Waals surface area contributed by atoms with E-state index in [1.54, 1.807) is 19.1 Å². The molecule has 0 bridgehead atoms. The predicted molar refractivity (Wildman–Crippen MR) is 108 cm³/mol. The number of aryl methyl sites for hydroxylation is 1. The molecule has 29 heavy (non-hydrogen) atoms. The number of rotatable bonds is 7. The molecule has 0 atom stereocenters. The first kappa shape index (κ1) is 19.9. The molecule has 0 spiro atoms. The molecule has 148 valence electrons. The van der Waals surface area contributed by atoms with E-state index in [-0.39, 0.29) is 24.4 Å². The van der Waals surface area contributed by atoms with Crippen LogP contribution in [0.3, 0.4) is 0 Å². The fourth-order valence-electron chi connectivity index (χ4n) is 2.76. The van der Waals surface area contributed by atoms with E-state index in [1.165, 1.54) is 17.7 Å². The molecule has 0 aliphatic heterocycles. The third-order valence-electron chi connectivity index (χ3n) is 4.37. The van der Waals surface area contributed by atoms with Gasteiger partial charge in [-0.15, -0.1) is 10.2 Å². The van der Waals surface area contributed by atoms with Crippen LogP contribution in [-0.4, -0.2) is 34.2 Å². The van der Waals surface area contributed by atoms with Gasteiger partial charge in [-0.2, -0.15) is 0 Å². The zero-order valence-corrected chi connectivity index (χ0v) is 16.1. The van der Waals surface area contributed by atoms with Crippen molar-refractivity contribution in [2.24, 2.45) is 0 Å². The number of aromatic nitrogens is 2. The molecule has 1 heterocycles. The zero-order chi connectivity index (χ0) is 20.8. The Kier molecular flexibility index (Phi) is 6.13. The van der Waals surface area contributed by atoms with Crippen LogP contribution in [0, 0.1) is 24.0 Å². The maximum Gasteiger partial charge on any atom is 0.273 e. The number of nitrogens with zero attached hydrogens (tertiary/aromatic N) is 3. The molecule has 0 saturated carbocycles. The van der Waals surface area contributed by atoms with E-state index >= 15 is 0 Å². The first-order valence-electron chi connectivity index (χ1n) is 9.01. The molecule has 1 aromatic heterocycles. The number of benzene rings is 2. The summed E-state index contributed by atoms with van der Waals surface area (Å²) in [4.78, 5) is 22.7. The quantitative estimate of drug-likeness (QED) is 0.375. The summed E-state index contributed by atoms with van der Waals surface area (Å²) in [5, 5.41) is 21.9. The fraction of sp³-hybridized carbons (Fsp3) is 0.190. The summed E-state index contributed by atoms with van der Waals surface area (Å²) in [7, 11) is 0. The second kappa shape index (κ2) is 8.92. The van der Waals surface area contributed by atoms with Gasteiger partial charge in [-0.1, -0.05) is 35.9 Å². The largest absolute Gasteiger partial charge is 0.475 e. The number of hydrogen-bond donors (Lipinski definition) is 1. The van der Waals surface area contributed by atoms with Gasteiger partial charge in [-0.3, -0.25) is 14.9 Å². The number of hydrogen-bond acceptors (Lipinski definition) is 6. The van der Waals surface area contributed by atoms with Crippen molar-refractivity contribution < 1.29 is 14.5 Å². The zero-order valence-electron chi connectivity index (χ0n) is 16.1. The lowest BCUT2D eigenvalue weighted by Gasteiger charge is -2.09. The molecule has 0 fully saturated rings. The smallest absolute Gasteiger partial charge is 0.273 e. The van der Waals surface area contributed by atoms with E-state index in [0.717, 1.165) is 11.3 Å². The van der Waals surface area contributed by atoms with Crippen LogP contribution >= 0.6 is 0 Å². The molecular weight excluding hydrogens is 372 g/mol. The third-order valence-corrected chi connectivity index (χ3v) is 4.37. The summed E-state index contributed by atoms with van der Waals surface area (Å²) >= 11 is 0. The normalized spacial score (nSPS) is 10.4. The first-order valence-corrected chi connectivity index (χ1v) is 9.01. The Balaban J connectivity index is 1.52. The second-order valence-corrected chi connectivity index (χ2v) is 6.43. The Morgan fingerprint density at radius 2 is 1.83 bits per heavy atom. The van der Waals surface area contributed by atoms with Crippen molar-refractivity contribution in [2.45, 2.75) is 13.8 Å². The van der Waals surface area contributed by atoms with Crippen LogP contribution in [0.5, 0.6) is 5.88 Å². The van der Waals surface area contributed by atoms with Gasteiger partial charge >= 0.3 is 0 Å². The molecule has 0 aliphatic carbocycles. The van der Waals surface area contributed by atoms with Crippen LogP contribution in [0.1, 0.15) is 21.5 Å². The average molecular weight is 392 g/mol. The van der Waals surface area contributed by atoms with Gasteiger partial charge in [0, 0.05) is 28.8 Å². The lowest BCUT2D eigenvalue weighted by molar-refractivity contribution is -0.385. The maximum absolute atomic E-state index is 12.3. The summed E-state index contributed by atoms with van der Waals surface area (Å²) in [6, 6.07) is 15.9. The van der Waals surface area contributed by atoms with E-state index < -0.39 is 10.8 Å². The molecule has 0 saturated heterocycles. The van der Waals surface area contributed by atoms with E-state index in [2.05, 4.69) is 15.5 Å². The molecule has 0 unspecified atom stereocenters. The molecule has 3 aromatic rings. The fourth-order valence-corrected chi connectivity index (χ4v) is 2.76. The predicted octanol–water partition coefficient (Wildman–Crippen LogP) is 3.48. The number of nitrogens with one attached hydrogen (secondary N) is 1. The van der Waals surface area contributed by atoms with Gasteiger partial charge in [0.2, 0.25) is 5.88 Å². The number of nitro groups is 1. The molecule has 0 radical (unpaired) electrons. The Morgan fingerprint density at radius 1 is 1.07 bits per heavy atom. The molecule has 1 amide bonds. The summed E-state index contributed by atoms with van der Waals surface area (Å²) in [5.74, 6) is -0.0442. The van der Waals surface area contributed by atoms with Crippen molar-refractivity contribution in [3.63, 3.8) is 0 Å². The van der Waals surface area contributed by atoms with Gasteiger partial charge in [-0.25, -0.2) is 0 Å². The molecule has 1 N–H and O–H groups in total. The summed E-state index contributed by atoms with van der Waals surface area (Å²) in [6.45, 7) is 3.99. The van der Waals surface area contributed by atoms with Gasteiger partial charge in [0.1, 0.15) is 6.61 Å². The van der Waals surface area contributed by atoms with Crippen LogP contribution in [0.25, 0.3) is 11.3 Å². The number of nitro benzene ring substituents is 1. The van der Waals surface area contributed by atoms with Gasteiger partial charge in [0.15, 0.2) is 0 Å². The van der Waals surface area contributed by atoms with Gasteiger partial charge < -0.3 is 10.1 Å². The lowest BCUT2D eigenvalue weighted by Crippen LogP contribution is -2.28. The van der Waals surface area contributed by atoms with Crippen molar-refractivity contribution in [3.8, 4) is 17.1 Å². The number of amides is 1. The van der Waals surface area contributed by atoms with Crippen LogP contribution in [0.15, 0.2) is 54.6 Å². The molecule has 8 heteroatoms. The van der Waals surface area contributed by atoms with Gasteiger partial charge in [-0.05, 0) is 26.0 Å². The monoisotopic (exact) mass is 392 g/mol. The van der Waals surface area contributed by atoms with Crippen LogP contribution in [-0.2, 0) is 0 Å². The molecule has 3 rings (SSSR count). The Labute approximate surface area is 167 Å². The van der Waals surface area contributed by atoms with Crippen LogP contribution in [0.2, 0.25) is 0 Å². The highest BCUT2D eigenvalue weighted by atomic mass is 16.6. The minimum absolute atomic E-state index is 0.0853. The van der Waals surface area contributed by atoms with Crippen LogP contribution < -0.4 is 10.1 Å². The summed E-state index contributed by atoms with van der Waals surface area (Å²) in [6.07, 6.45) is 0. The SMILES string of the molecule is Cc1ccc(-c2ccc(OCCNC(=O)c3cccc([N+](=O)[O-])c3C)nn2)cc1. The maximum atomic E-state index is 12.3. The number of carbonyl (C=O) groups excluding carboxylic acids is 1. The van der Waals surface area contributed by atoms with E-state index in [1.807, 2.05) is 37.3 Å². The standard InChI is InChI=1S/C21H20N4O4/c1-14-6-8-16(9-7-14)18-10-11-20(24-23-18)29-13-12-22-21(26)17-4-3-5-19(15(17)2)25(27)28/h3-11H,12-13H2,1-2H3,(H,22,26). The van der Waals surface area contributed by atoms with Crippen LogP contribution in [0.4, 0.5) is 5.69 Å². The Bertz CT molecular complexity index is 1020. The van der Waals surface area contributed by atoms with Crippen molar-refractivity contribution in [2.75, 3.05) is 13.2 Å². The summed E-state index contributed by atoms with van der Waals surface area (Å²) in [5.41, 5.74) is 3.39. The second-order valence-electron chi connectivity index (χ2n) is 6.43. The molecule has 0 aliphatic rings. The Hall–Kier alpha value is -3.81. The van der Waals surface area contributed by atoms with Crippen molar-refractivity contribution in [1.29, 1.82) is 0 Å². The molecule has 2 aromatic carbocycles. The van der Waals surface area contributed by atoms with E-state index in [0.29, 0.717) is 11.4 Å². The van der Waals surface area contributed by atoms with Gasteiger partial charge in [0.05, 0.1) is 17.2 Å². The topological polar surface area (TPSA) is 107 Å². The molecule has 8 nitrogen and oxygen atoms in total. The molecular formula is C21H20N4O4. The summed E-state index contributed by atoms with van der Waals surface area (Å²) < 4.78 is 5.50. The minimum atomic E-state index is -0.506. The lowest BCUT2D eigenvalue weighted by atomic mass is 10.1. The van der Waals surface area contributed by atoms with Crippen molar-refractivity contribution in [3.05, 3.63) is 81.4 Å². The highest BCUT2D eigenvalue weighted by Crippen LogP contribution is 2.21. The van der Waals surface area contributed by atoms with Crippen molar-refractivity contribution in [1.82, 2.24) is 15.5 Å². The Morgan fingerprint density at radius 3 is 2.48 bits per heavy atom. The van der Waals surface area contributed by atoms with Gasteiger partial charge in [0.25, 0.3) is 11.6 Å². The minimum Gasteiger partial charge on any atom is -0.475 e. The van der Waals surface area contributed by atoms with Crippen molar-refractivity contribution >= 4 is 11.6 Å². The first-order chi connectivity index (χ1) is 14.0.